The van der Waals surface area contributed by atoms with Gasteiger partial charge in [0, 0.05) is 28.8 Å². The van der Waals surface area contributed by atoms with Gasteiger partial charge in [0.05, 0.1) is 0 Å². The summed E-state index contributed by atoms with van der Waals surface area (Å²) < 4.78 is 27.5. The Morgan fingerprint density at radius 1 is 1.47 bits per heavy atom. The minimum absolute atomic E-state index is 0.0843. The number of nitrogens with two attached hydrogens (primary N) is 1. The smallest absolute Gasteiger partial charge is 0.242 e. The van der Waals surface area contributed by atoms with Gasteiger partial charge in [0.2, 0.25) is 10.0 Å². The third-order valence-electron chi connectivity index (χ3n) is 3.71. The number of sulfonamides is 1. The number of H-pyrrole nitrogens is 1. The highest BCUT2D eigenvalue weighted by molar-refractivity contribution is 7.89. The summed E-state index contributed by atoms with van der Waals surface area (Å²) >= 11 is 0. The Morgan fingerprint density at radius 2 is 2.26 bits per heavy atom. The van der Waals surface area contributed by atoms with Crippen LogP contribution in [0.2, 0.25) is 0 Å². The number of fused-ring (bicyclic) bond motifs is 1. The molecule has 5 nitrogen and oxygen atoms in total. The van der Waals surface area contributed by atoms with Crippen molar-refractivity contribution in [2.45, 2.75) is 30.7 Å². The summed E-state index contributed by atoms with van der Waals surface area (Å²) in [5.41, 5.74) is 7.06. The summed E-state index contributed by atoms with van der Waals surface area (Å²) in [6.07, 6.45) is 3.46. The van der Waals surface area contributed by atoms with E-state index in [4.69, 9.17) is 5.73 Å². The van der Waals surface area contributed by atoms with Gasteiger partial charge in [-0.1, -0.05) is 13.3 Å². The van der Waals surface area contributed by atoms with Crippen LogP contribution in [0.4, 0.5) is 5.69 Å². The maximum absolute atomic E-state index is 12.4. The maximum Gasteiger partial charge on any atom is 0.242 e. The number of benzene rings is 1. The van der Waals surface area contributed by atoms with Crippen molar-refractivity contribution in [1.82, 2.24) is 9.71 Å². The standard InChI is InChI=1S/C13H17N3O2S/c1-2-8-5-12(8)16-19(17,18)13-7-15-11-4-3-9(14)6-10(11)13/h3-4,6-8,12,15-16H,2,5,14H2,1H3. The normalized spacial score (nSPS) is 22.8. The lowest BCUT2D eigenvalue weighted by atomic mass is 10.2. The number of nitrogen functional groups attached to an aromatic ring is 1. The van der Waals surface area contributed by atoms with E-state index in [0.717, 1.165) is 18.4 Å². The van der Waals surface area contributed by atoms with Gasteiger partial charge in [-0.25, -0.2) is 13.1 Å². The van der Waals surface area contributed by atoms with Crippen molar-refractivity contribution >= 4 is 26.6 Å². The van der Waals surface area contributed by atoms with E-state index >= 15 is 0 Å². The fourth-order valence-corrected chi connectivity index (χ4v) is 3.93. The molecule has 1 aliphatic rings. The Hall–Kier alpha value is -1.53. The van der Waals surface area contributed by atoms with E-state index in [1.807, 2.05) is 0 Å². The van der Waals surface area contributed by atoms with Crippen LogP contribution in [-0.2, 0) is 10.0 Å². The molecule has 4 N–H and O–H groups in total. The van der Waals surface area contributed by atoms with Crippen molar-refractivity contribution in [1.29, 1.82) is 0 Å². The van der Waals surface area contributed by atoms with E-state index in [1.165, 1.54) is 6.20 Å². The van der Waals surface area contributed by atoms with Crippen LogP contribution in [0, 0.1) is 5.92 Å². The molecule has 0 aliphatic heterocycles. The third-order valence-corrected chi connectivity index (χ3v) is 5.24. The van der Waals surface area contributed by atoms with E-state index in [0.29, 0.717) is 17.0 Å². The molecule has 2 aromatic rings. The van der Waals surface area contributed by atoms with Gasteiger partial charge in [-0.2, -0.15) is 0 Å². The summed E-state index contributed by atoms with van der Waals surface area (Å²) in [5, 5.41) is 0.640. The van der Waals surface area contributed by atoms with Crippen LogP contribution in [0.1, 0.15) is 19.8 Å². The van der Waals surface area contributed by atoms with Gasteiger partial charge in [0.15, 0.2) is 0 Å². The summed E-state index contributed by atoms with van der Waals surface area (Å²) in [7, 11) is -3.48. The van der Waals surface area contributed by atoms with Crippen molar-refractivity contribution in [2.75, 3.05) is 5.73 Å². The monoisotopic (exact) mass is 279 g/mol. The Bertz CT molecular complexity index is 721. The second kappa shape index (κ2) is 4.25. The lowest BCUT2D eigenvalue weighted by Gasteiger charge is -2.05. The Labute approximate surface area is 112 Å². The molecule has 0 radical (unpaired) electrons. The minimum Gasteiger partial charge on any atom is -0.399 e. The number of aromatic nitrogens is 1. The van der Waals surface area contributed by atoms with Crippen molar-refractivity contribution < 1.29 is 8.42 Å². The lowest BCUT2D eigenvalue weighted by Crippen LogP contribution is -2.26. The van der Waals surface area contributed by atoms with Crippen LogP contribution in [0.5, 0.6) is 0 Å². The average Bonchev–Trinajstić information content (AvgIpc) is 2.95. The van der Waals surface area contributed by atoms with Gasteiger partial charge in [-0.15, -0.1) is 0 Å². The molecule has 3 rings (SSSR count). The SMILES string of the molecule is CCC1CC1NS(=O)(=O)c1c[nH]c2ccc(N)cc12. The molecule has 2 atom stereocenters. The second-order valence-corrected chi connectivity index (χ2v) is 6.77. The molecule has 1 aromatic carbocycles. The number of aromatic amines is 1. The molecule has 0 amide bonds. The summed E-state index contributed by atoms with van der Waals surface area (Å²) in [4.78, 5) is 3.24. The van der Waals surface area contributed by atoms with Crippen LogP contribution in [0.3, 0.4) is 0 Å². The van der Waals surface area contributed by atoms with Gasteiger partial charge >= 0.3 is 0 Å². The Balaban J connectivity index is 1.97. The number of anilines is 1. The molecule has 1 saturated carbocycles. The molecular weight excluding hydrogens is 262 g/mol. The molecule has 0 spiro atoms. The molecule has 1 aromatic heterocycles. The largest absolute Gasteiger partial charge is 0.399 e. The van der Waals surface area contributed by atoms with E-state index in [2.05, 4.69) is 16.6 Å². The molecule has 2 unspecified atom stereocenters. The second-order valence-electron chi connectivity index (χ2n) is 5.09. The van der Waals surface area contributed by atoms with Crippen LogP contribution < -0.4 is 10.5 Å². The topological polar surface area (TPSA) is 88.0 Å². The first-order valence-corrected chi connectivity index (χ1v) is 7.88. The molecule has 0 saturated heterocycles. The van der Waals surface area contributed by atoms with Gasteiger partial charge < -0.3 is 10.7 Å². The Morgan fingerprint density at radius 3 is 2.95 bits per heavy atom. The molecule has 19 heavy (non-hydrogen) atoms. The van der Waals surface area contributed by atoms with Gasteiger partial charge in [0.25, 0.3) is 0 Å². The van der Waals surface area contributed by atoms with Crippen molar-refractivity contribution in [2.24, 2.45) is 5.92 Å². The highest BCUT2D eigenvalue weighted by Crippen LogP contribution is 2.35. The zero-order chi connectivity index (χ0) is 13.6. The van der Waals surface area contributed by atoms with E-state index in [9.17, 15) is 8.42 Å². The average molecular weight is 279 g/mol. The maximum atomic E-state index is 12.4. The van der Waals surface area contributed by atoms with Crippen LogP contribution in [-0.4, -0.2) is 19.4 Å². The molecule has 0 bridgehead atoms. The molecule has 102 valence electrons. The van der Waals surface area contributed by atoms with Gasteiger partial charge in [-0.3, -0.25) is 0 Å². The highest BCUT2D eigenvalue weighted by atomic mass is 32.2. The first kappa shape index (κ1) is 12.5. The zero-order valence-corrected chi connectivity index (χ0v) is 11.5. The number of nitrogens with one attached hydrogen (secondary N) is 2. The summed E-state index contributed by atoms with van der Waals surface area (Å²) in [6.45, 7) is 2.07. The number of hydrogen-bond acceptors (Lipinski definition) is 3. The highest BCUT2D eigenvalue weighted by Gasteiger charge is 2.39. The molecule has 1 aliphatic carbocycles. The summed E-state index contributed by atoms with van der Waals surface area (Å²) in [6, 6.07) is 5.30. The third kappa shape index (κ3) is 2.21. The predicted octanol–water partition coefficient (Wildman–Crippen LogP) is 1.83. The molecule has 6 heteroatoms. The number of rotatable bonds is 4. The predicted molar refractivity (Wildman–Crippen MR) is 75.2 cm³/mol. The zero-order valence-electron chi connectivity index (χ0n) is 10.7. The molecule has 1 fully saturated rings. The van der Waals surface area contributed by atoms with Crippen molar-refractivity contribution in [3.05, 3.63) is 24.4 Å². The minimum atomic E-state index is -3.48. The van der Waals surface area contributed by atoms with E-state index in [-0.39, 0.29) is 10.9 Å². The van der Waals surface area contributed by atoms with Gasteiger partial charge in [0.1, 0.15) is 4.90 Å². The summed E-state index contributed by atoms with van der Waals surface area (Å²) in [5.74, 6) is 0.477. The fourth-order valence-electron chi connectivity index (χ4n) is 2.44. The molecular formula is C13H17N3O2S. The Kier molecular flexibility index (Phi) is 2.79. The number of hydrogen-bond donors (Lipinski definition) is 3. The fraction of sp³-hybridized carbons (Fsp3) is 0.385. The first-order valence-electron chi connectivity index (χ1n) is 6.40. The van der Waals surface area contributed by atoms with Crippen molar-refractivity contribution in [3.8, 4) is 0 Å². The van der Waals surface area contributed by atoms with Crippen molar-refractivity contribution in [3.63, 3.8) is 0 Å². The quantitative estimate of drug-likeness (QED) is 0.746. The van der Waals surface area contributed by atoms with Gasteiger partial charge in [-0.05, 0) is 30.5 Å². The van der Waals surface area contributed by atoms with E-state index in [1.54, 1.807) is 18.2 Å². The van der Waals surface area contributed by atoms with E-state index < -0.39 is 10.0 Å². The van der Waals surface area contributed by atoms with Crippen LogP contribution in [0.25, 0.3) is 10.9 Å². The van der Waals surface area contributed by atoms with Crippen LogP contribution in [0.15, 0.2) is 29.3 Å². The first-order chi connectivity index (χ1) is 9.01. The van der Waals surface area contributed by atoms with Crippen LogP contribution >= 0.6 is 0 Å². The molecule has 1 heterocycles. The lowest BCUT2D eigenvalue weighted by molar-refractivity contribution is 0.577.